The second-order valence-electron chi connectivity index (χ2n) is 3.78. The van der Waals surface area contributed by atoms with Gasteiger partial charge in [-0.15, -0.1) is 0 Å². The zero-order valence-electron chi connectivity index (χ0n) is 9.90. The van der Waals surface area contributed by atoms with E-state index in [1.807, 2.05) is 0 Å². The number of carbonyl (C=O) groups is 1. The number of carbonyl (C=O) groups excluding carboxylic acids is 1. The molecule has 1 heterocycles. The van der Waals surface area contributed by atoms with Crippen LogP contribution in [-0.2, 0) is 4.79 Å². The van der Waals surface area contributed by atoms with E-state index >= 15 is 0 Å². The van der Waals surface area contributed by atoms with E-state index in [4.69, 9.17) is 4.74 Å². The molecule has 0 radical (unpaired) electrons. The molecular formula is C12H12N2O4. The Kier molecular flexibility index (Phi) is 2.93. The molecular weight excluding hydrogens is 236 g/mol. The lowest BCUT2D eigenvalue weighted by molar-refractivity contribution is -0.114. The molecule has 0 saturated heterocycles. The predicted molar refractivity (Wildman–Crippen MR) is 67.1 cm³/mol. The van der Waals surface area contributed by atoms with Crippen LogP contribution in [0.5, 0.6) is 11.5 Å². The van der Waals surface area contributed by atoms with Crippen molar-refractivity contribution in [3.63, 3.8) is 0 Å². The average Bonchev–Trinajstić information content (AvgIpc) is 2.28. The van der Waals surface area contributed by atoms with E-state index in [1.54, 1.807) is 18.2 Å². The Hall–Kier alpha value is -2.50. The lowest BCUT2D eigenvalue weighted by Gasteiger charge is -2.08. The standard InChI is InChI=1S/C12H12N2O4/c1-6(15)13-7-3-4-8-9(5-7)14-12(17)11(18-2)10(8)16/h3-5H,1-2H3,(H,13,15)(H2,14,16,17). The number of hydrogen-bond acceptors (Lipinski definition) is 4. The molecule has 2 rings (SSSR count). The number of anilines is 1. The molecule has 94 valence electrons. The highest BCUT2D eigenvalue weighted by atomic mass is 16.5. The maximum absolute atomic E-state index is 11.6. The minimum Gasteiger partial charge on any atom is -0.504 e. The van der Waals surface area contributed by atoms with Crippen molar-refractivity contribution in [3.05, 3.63) is 28.6 Å². The SMILES string of the molecule is COc1c(O)c2ccc(NC(C)=O)cc2[nH]c1=O. The molecule has 0 unspecified atom stereocenters. The highest BCUT2D eigenvalue weighted by Gasteiger charge is 2.12. The minimum atomic E-state index is -0.525. The van der Waals surface area contributed by atoms with Crippen LogP contribution >= 0.6 is 0 Å². The van der Waals surface area contributed by atoms with Gasteiger partial charge in [-0.05, 0) is 18.2 Å². The number of aromatic amines is 1. The number of benzene rings is 1. The average molecular weight is 248 g/mol. The van der Waals surface area contributed by atoms with Gasteiger partial charge in [0.15, 0.2) is 5.75 Å². The Balaban J connectivity index is 2.65. The van der Waals surface area contributed by atoms with Crippen LogP contribution < -0.4 is 15.6 Å². The number of amides is 1. The van der Waals surface area contributed by atoms with Gasteiger partial charge in [0.25, 0.3) is 5.56 Å². The van der Waals surface area contributed by atoms with Crippen molar-refractivity contribution in [2.45, 2.75) is 6.92 Å². The Labute approximate surface area is 102 Å². The molecule has 18 heavy (non-hydrogen) atoms. The number of H-pyrrole nitrogens is 1. The number of rotatable bonds is 2. The Morgan fingerprint density at radius 3 is 2.78 bits per heavy atom. The highest BCUT2D eigenvalue weighted by molar-refractivity contribution is 5.94. The van der Waals surface area contributed by atoms with E-state index < -0.39 is 5.56 Å². The molecule has 0 aliphatic rings. The molecule has 0 aliphatic heterocycles. The second kappa shape index (κ2) is 4.40. The van der Waals surface area contributed by atoms with Gasteiger partial charge in [-0.2, -0.15) is 0 Å². The lowest BCUT2D eigenvalue weighted by atomic mass is 10.1. The Bertz CT molecular complexity index is 676. The van der Waals surface area contributed by atoms with Gasteiger partial charge in [0, 0.05) is 18.0 Å². The first kappa shape index (κ1) is 12.0. The van der Waals surface area contributed by atoms with E-state index in [9.17, 15) is 14.7 Å². The van der Waals surface area contributed by atoms with Crippen LogP contribution in [0.3, 0.4) is 0 Å². The summed E-state index contributed by atoms with van der Waals surface area (Å²) in [6, 6.07) is 4.78. The predicted octanol–water partition coefficient (Wildman–Crippen LogP) is 1.20. The van der Waals surface area contributed by atoms with Crippen LogP contribution in [0, 0.1) is 0 Å². The van der Waals surface area contributed by atoms with Crippen molar-refractivity contribution in [3.8, 4) is 11.5 Å². The molecule has 0 saturated carbocycles. The number of methoxy groups -OCH3 is 1. The van der Waals surface area contributed by atoms with Crippen LogP contribution in [0.25, 0.3) is 10.9 Å². The molecule has 3 N–H and O–H groups in total. The second-order valence-corrected chi connectivity index (χ2v) is 3.78. The number of aromatic nitrogens is 1. The molecule has 0 bridgehead atoms. The number of nitrogens with one attached hydrogen (secondary N) is 2. The van der Waals surface area contributed by atoms with Crippen LogP contribution in [0.4, 0.5) is 5.69 Å². The summed E-state index contributed by atoms with van der Waals surface area (Å²) in [4.78, 5) is 25.1. The molecule has 1 aromatic heterocycles. The lowest BCUT2D eigenvalue weighted by Crippen LogP contribution is -2.10. The van der Waals surface area contributed by atoms with Gasteiger partial charge >= 0.3 is 0 Å². The van der Waals surface area contributed by atoms with E-state index in [-0.39, 0.29) is 17.4 Å². The third kappa shape index (κ3) is 2.00. The smallest absolute Gasteiger partial charge is 0.294 e. The number of pyridine rings is 1. The topological polar surface area (TPSA) is 91.4 Å². The summed E-state index contributed by atoms with van der Waals surface area (Å²) in [5, 5.41) is 12.9. The van der Waals surface area contributed by atoms with Gasteiger partial charge in [-0.1, -0.05) is 0 Å². The summed E-state index contributed by atoms with van der Waals surface area (Å²) in [5.41, 5.74) is 0.433. The quantitative estimate of drug-likeness (QED) is 0.744. The Morgan fingerprint density at radius 1 is 1.44 bits per heavy atom. The van der Waals surface area contributed by atoms with E-state index in [0.717, 1.165) is 0 Å². The molecule has 1 amide bonds. The third-order valence-corrected chi connectivity index (χ3v) is 2.47. The summed E-state index contributed by atoms with van der Waals surface area (Å²) in [5.74, 6) is -0.560. The van der Waals surface area contributed by atoms with Gasteiger partial charge in [0.2, 0.25) is 11.7 Å². The van der Waals surface area contributed by atoms with Gasteiger partial charge in [-0.3, -0.25) is 9.59 Å². The van der Waals surface area contributed by atoms with Gasteiger partial charge in [-0.25, -0.2) is 0 Å². The maximum atomic E-state index is 11.6. The van der Waals surface area contributed by atoms with Crippen molar-refractivity contribution in [1.82, 2.24) is 4.98 Å². The van der Waals surface area contributed by atoms with Crippen molar-refractivity contribution in [2.75, 3.05) is 12.4 Å². The molecule has 6 heteroatoms. The van der Waals surface area contributed by atoms with Crippen LogP contribution in [0.2, 0.25) is 0 Å². The zero-order valence-corrected chi connectivity index (χ0v) is 9.90. The van der Waals surface area contributed by atoms with Crippen molar-refractivity contribution >= 4 is 22.5 Å². The number of ether oxygens (including phenoxy) is 1. The molecule has 0 aliphatic carbocycles. The highest BCUT2D eigenvalue weighted by Crippen LogP contribution is 2.30. The number of fused-ring (bicyclic) bond motifs is 1. The largest absolute Gasteiger partial charge is 0.504 e. The van der Waals surface area contributed by atoms with Crippen molar-refractivity contribution in [1.29, 1.82) is 0 Å². The molecule has 1 aromatic carbocycles. The fourth-order valence-electron chi connectivity index (χ4n) is 1.73. The zero-order chi connectivity index (χ0) is 13.3. The first-order valence-corrected chi connectivity index (χ1v) is 5.23. The normalized spacial score (nSPS) is 10.3. The fraction of sp³-hybridized carbons (Fsp3) is 0.167. The monoisotopic (exact) mass is 248 g/mol. The Morgan fingerprint density at radius 2 is 2.17 bits per heavy atom. The van der Waals surface area contributed by atoms with Crippen LogP contribution in [0.1, 0.15) is 6.92 Å². The number of aromatic hydroxyl groups is 1. The fourth-order valence-corrected chi connectivity index (χ4v) is 1.73. The molecule has 0 spiro atoms. The van der Waals surface area contributed by atoms with Crippen molar-refractivity contribution in [2.24, 2.45) is 0 Å². The van der Waals surface area contributed by atoms with Crippen molar-refractivity contribution < 1.29 is 14.6 Å². The number of hydrogen-bond donors (Lipinski definition) is 3. The first-order chi connectivity index (χ1) is 8.52. The summed E-state index contributed by atoms with van der Waals surface area (Å²) >= 11 is 0. The summed E-state index contributed by atoms with van der Waals surface area (Å²) < 4.78 is 4.82. The molecule has 0 fully saturated rings. The van der Waals surface area contributed by atoms with Gasteiger partial charge in [0.05, 0.1) is 12.6 Å². The summed E-state index contributed by atoms with van der Waals surface area (Å²) in [6.07, 6.45) is 0. The molecule has 2 aromatic rings. The van der Waals surface area contributed by atoms with E-state index in [2.05, 4.69) is 10.3 Å². The molecule has 6 nitrogen and oxygen atoms in total. The molecule has 0 atom stereocenters. The van der Waals surface area contributed by atoms with Gasteiger partial charge < -0.3 is 20.1 Å². The van der Waals surface area contributed by atoms with E-state index in [1.165, 1.54) is 14.0 Å². The minimum absolute atomic E-state index is 0.130. The summed E-state index contributed by atoms with van der Waals surface area (Å²) in [6.45, 7) is 1.39. The maximum Gasteiger partial charge on any atom is 0.294 e. The van der Waals surface area contributed by atoms with Crippen LogP contribution in [-0.4, -0.2) is 23.1 Å². The first-order valence-electron chi connectivity index (χ1n) is 5.23. The summed E-state index contributed by atoms with van der Waals surface area (Å²) in [7, 11) is 1.31. The van der Waals surface area contributed by atoms with Gasteiger partial charge in [0.1, 0.15) is 0 Å². The van der Waals surface area contributed by atoms with Crippen LogP contribution in [0.15, 0.2) is 23.0 Å². The third-order valence-electron chi connectivity index (χ3n) is 2.47. The van der Waals surface area contributed by atoms with E-state index in [0.29, 0.717) is 16.6 Å².